The van der Waals surface area contributed by atoms with Gasteiger partial charge in [-0.05, 0) is 30.6 Å². The predicted octanol–water partition coefficient (Wildman–Crippen LogP) is 3.55. The maximum atomic E-state index is 13.9. The number of likely N-dealkylation sites (N-methyl/N-ethyl adjacent to an activating group) is 2. The summed E-state index contributed by atoms with van der Waals surface area (Å²) >= 11 is 0. The third-order valence-corrected chi connectivity index (χ3v) is 8.57. The van der Waals surface area contributed by atoms with Gasteiger partial charge in [0.25, 0.3) is 11.8 Å². The highest BCUT2D eigenvalue weighted by atomic mass is 16.5. The van der Waals surface area contributed by atoms with Crippen molar-refractivity contribution in [1.29, 1.82) is 0 Å². The number of nitrogens with zero attached hydrogens (tertiary/aromatic N) is 3. The summed E-state index contributed by atoms with van der Waals surface area (Å²) in [6.45, 7) is 11.7. The number of aliphatic carboxylic acids is 1. The van der Waals surface area contributed by atoms with Crippen LogP contribution in [-0.4, -0.2) is 101 Å². The van der Waals surface area contributed by atoms with Crippen molar-refractivity contribution in [2.45, 2.75) is 105 Å². The molecule has 0 unspecified atom stereocenters. The maximum Gasteiger partial charge on any atom is 0.306 e. The van der Waals surface area contributed by atoms with Gasteiger partial charge in [0.15, 0.2) is 5.78 Å². The Morgan fingerprint density at radius 3 is 1.93 bits per heavy atom. The van der Waals surface area contributed by atoms with Crippen molar-refractivity contribution in [1.82, 2.24) is 14.7 Å². The quantitative estimate of drug-likeness (QED) is 0.164. The second kappa shape index (κ2) is 17.9. The summed E-state index contributed by atoms with van der Waals surface area (Å²) in [5, 5.41) is 9.42. The monoisotopic (exact) mass is 607 g/mol. The first-order chi connectivity index (χ1) is 20.1. The third kappa shape index (κ3) is 10.9. The van der Waals surface area contributed by atoms with Crippen molar-refractivity contribution in [2.75, 3.05) is 27.7 Å². The van der Waals surface area contributed by atoms with Crippen LogP contribution in [0.2, 0.25) is 0 Å². The molecule has 0 aromatic heterocycles. The van der Waals surface area contributed by atoms with Gasteiger partial charge in [0.1, 0.15) is 0 Å². The predicted molar refractivity (Wildman–Crippen MR) is 163 cm³/mol. The van der Waals surface area contributed by atoms with Crippen LogP contribution in [0, 0.1) is 23.7 Å². The van der Waals surface area contributed by atoms with E-state index in [2.05, 4.69) is 0 Å². The lowest BCUT2D eigenvalue weighted by Gasteiger charge is -2.40. The zero-order valence-corrected chi connectivity index (χ0v) is 27.5. The number of unbranched alkanes of at least 4 members (excludes halogenated alkanes) is 2. The molecule has 0 saturated carbocycles. The maximum absolute atomic E-state index is 13.9. The molecule has 0 radical (unpaired) electrons. The summed E-state index contributed by atoms with van der Waals surface area (Å²) in [7, 11) is 4.71. The Labute approximate surface area is 257 Å². The molecule has 0 fully saturated rings. The summed E-state index contributed by atoms with van der Waals surface area (Å²) in [6.07, 6.45) is 4.22. The lowest BCUT2D eigenvalue weighted by molar-refractivity contribution is -0.150. The lowest BCUT2D eigenvalue weighted by Crippen LogP contribution is -2.53. The van der Waals surface area contributed by atoms with Gasteiger partial charge in [-0.3, -0.25) is 33.7 Å². The fraction of sp³-hybridized carbons (Fsp3) is 0.750. The van der Waals surface area contributed by atoms with Crippen LogP contribution in [0.5, 0.6) is 0 Å². The highest BCUT2D eigenvalue weighted by molar-refractivity contribution is 6.12. The first-order valence-corrected chi connectivity index (χ1v) is 15.4. The molecule has 1 N–H and O–H groups in total. The van der Waals surface area contributed by atoms with Crippen LogP contribution in [0.3, 0.4) is 0 Å². The van der Waals surface area contributed by atoms with Gasteiger partial charge >= 0.3 is 5.97 Å². The highest BCUT2D eigenvalue weighted by Gasteiger charge is 2.39. The van der Waals surface area contributed by atoms with E-state index in [-0.39, 0.29) is 66.4 Å². The van der Waals surface area contributed by atoms with Gasteiger partial charge in [-0.1, -0.05) is 54.4 Å². The number of carbonyl (C=O) groups excluding carboxylic acids is 5. The van der Waals surface area contributed by atoms with E-state index in [1.165, 1.54) is 29.1 Å². The van der Waals surface area contributed by atoms with Crippen molar-refractivity contribution < 1.29 is 38.6 Å². The molecule has 43 heavy (non-hydrogen) atoms. The summed E-state index contributed by atoms with van der Waals surface area (Å²) in [6, 6.07) is -1.19. The number of carboxylic acid groups (broad SMARTS) is 1. The van der Waals surface area contributed by atoms with Crippen molar-refractivity contribution in [2.24, 2.45) is 23.7 Å². The fourth-order valence-electron chi connectivity index (χ4n) is 5.85. The van der Waals surface area contributed by atoms with E-state index in [1.54, 1.807) is 19.0 Å². The fourth-order valence-corrected chi connectivity index (χ4v) is 5.85. The number of imide groups is 1. The minimum absolute atomic E-state index is 0.0399. The number of amides is 4. The summed E-state index contributed by atoms with van der Waals surface area (Å²) in [4.78, 5) is 79.7. The van der Waals surface area contributed by atoms with Gasteiger partial charge in [-0.25, -0.2) is 0 Å². The van der Waals surface area contributed by atoms with E-state index >= 15 is 0 Å². The Morgan fingerprint density at radius 1 is 0.884 bits per heavy atom. The van der Waals surface area contributed by atoms with Crippen LogP contribution in [0.15, 0.2) is 12.2 Å². The molecule has 244 valence electrons. The van der Waals surface area contributed by atoms with Crippen LogP contribution in [0.4, 0.5) is 0 Å². The number of rotatable bonds is 20. The molecular formula is C32H53N3O8. The second-order valence-electron chi connectivity index (χ2n) is 12.4. The SMILES string of the molecule is CC[C@H](C)[C@@H]([C@@H](CC(=O)O)OC)N(C)C(=O)[C@@H](CC(=O)[C@H](C(C)C)N(C)C(=O)CCCCCN1C(=O)C=CC1=O)C(C)C. The third-order valence-electron chi connectivity index (χ3n) is 8.57. The number of carbonyl (C=O) groups is 6. The minimum Gasteiger partial charge on any atom is -0.481 e. The minimum atomic E-state index is -1.02. The molecular weight excluding hydrogens is 554 g/mol. The van der Waals surface area contributed by atoms with Gasteiger partial charge in [0, 0.05) is 58.7 Å². The van der Waals surface area contributed by atoms with Gasteiger partial charge in [0.2, 0.25) is 11.8 Å². The van der Waals surface area contributed by atoms with Crippen LogP contribution < -0.4 is 0 Å². The summed E-state index contributed by atoms with van der Waals surface area (Å²) in [5.41, 5.74) is 0. The summed E-state index contributed by atoms with van der Waals surface area (Å²) in [5.74, 6) is -3.32. The average Bonchev–Trinajstić information content (AvgIpc) is 3.26. The molecule has 5 atom stereocenters. The Morgan fingerprint density at radius 2 is 1.47 bits per heavy atom. The van der Waals surface area contributed by atoms with Crippen molar-refractivity contribution in [3.05, 3.63) is 12.2 Å². The standard InChI is InChI=1S/C32H53N3O8/c1-10-22(6)31(25(43-9)19-29(40)41)34(8)32(42)23(20(2)3)18-24(36)30(21(4)5)33(7)26(37)14-12-11-13-17-35-27(38)15-16-28(35)39/h15-16,20-23,25,30-31H,10-14,17-19H2,1-9H3,(H,40,41)/t22-,23-,25+,30-,31-/m0/s1. The Kier molecular flexibility index (Phi) is 15.8. The molecule has 0 aromatic rings. The number of ether oxygens (including phenoxy) is 1. The molecule has 0 bridgehead atoms. The average molecular weight is 608 g/mol. The summed E-state index contributed by atoms with van der Waals surface area (Å²) < 4.78 is 5.53. The molecule has 0 spiro atoms. The highest BCUT2D eigenvalue weighted by Crippen LogP contribution is 2.28. The molecule has 0 aliphatic carbocycles. The normalized spacial score (nSPS) is 16.8. The zero-order chi connectivity index (χ0) is 33.0. The molecule has 11 nitrogen and oxygen atoms in total. The lowest BCUT2D eigenvalue weighted by atomic mass is 9.83. The largest absolute Gasteiger partial charge is 0.481 e. The topological polar surface area (TPSA) is 142 Å². The van der Waals surface area contributed by atoms with Gasteiger partial charge in [-0.15, -0.1) is 0 Å². The van der Waals surface area contributed by atoms with E-state index in [0.29, 0.717) is 32.2 Å². The van der Waals surface area contributed by atoms with Gasteiger partial charge in [0.05, 0.1) is 24.6 Å². The molecule has 1 rings (SSSR count). The molecule has 1 heterocycles. The van der Waals surface area contributed by atoms with E-state index < -0.39 is 30.1 Å². The number of carboxylic acids is 1. The molecule has 1 aliphatic heterocycles. The zero-order valence-electron chi connectivity index (χ0n) is 27.5. The Balaban J connectivity index is 2.93. The number of Topliss-reactive ketones (excluding diaryl/α,β-unsaturated/α-hetero) is 1. The van der Waals surface area contributed by atoms with E-state index in [4.69, 9.17) is 4.74 Å². The smallest absolute Gasteiger partial charge is 0.306 e. The van der Waals surface area contributed by atoms with Crippen molar-refractivity contribution in [3.8, 4) is 0 Å². The second-order valence-corrected chi connectivity index (χ2v) is 12.4. The van der Waals surface area contributed by atoms with Crippen molar-refractivity contribution >= 4 is 35.4 Å². The van der Waals surface area contributed by atoms with Crippen molar-refractivity contribution in [3.63, 3.8) is 0 Å². The molecule has 0 aromatic carbocycles. The number of hydrogen-bond donors (Lipinski definition) is 1. The Hall–Kier alpha value is -3.08. The van der Waals surface area contributed by atoms with Gasteiger partial charge < -0.3 is 19.6 Å². The first kappa shape index (κ1) is 37.9. The molecule has 1 aliphatic rings. The Bertz CT molecular complexity index is 1010. The molecule has 4 amide bonds. The van der Waals surface area contributed by atoms with Crippen LogP contribution >= 0.6 is 0 Å². The number of hydrogen-bond acceptors (Lipinski definition) is 7. The van der Waals surface area contributed by atoms with E-state index in [1.807, 2.05) is 41.5 Å². The van der Waals surface area contributed by atoms with Crippen LogP contribution in [0.25, 0.3) is 0 Å². The number of methoxy groups -OCH3 is 1. The van der Waals surface area contributed by atoms with Gasteiger partial charge in [-0.2, -0.15) is 0 Å². The first-order valence-electron chi connectivity index (χ1n) is 15.4. The number of ketones is 1. The molecule has 0 saturated heterocycles. The molecule has 11 heteroatoms. The van der Waals surface area contributed by atoms with E-state index in [0.717, 1.165) is 0 Å². The van der Waals surface area contributed by atoms with Crippen LogP contribution in [0.1, 0.15) is 86.5 Å². The van der Waals surface area contributed by atoms with E-state index in [9.17, 15) is 33.9 Å². The van der Waals surface area contributed by atoms with Crippen LogP contribution in [-0.2, 0) is 33.5 Å².